The van der Waals surface area contributed by atoms with Gasteiger partial charge in [0.15, 0.2) is 0 Å². The predicted octanol–water partition coefficient (Wildman–Crippen LogP) is 2.80. The van der Waals surface area contributed by atoms with Crippen LogP contribution in [0, 0.1) is 12.3 Å². The molecule has 82 valence electrons. The highest BCUT2D eigenvalue weighted by Crippen LogP contribution is 2.16. The molecule has 0 fully saturated rings. The molecule has 2 nitrogen and oxygen atoms in total. The molecular formula is C15H12N2. The highest BCUT2D eigenvalue weighted by Gasteiger charge is 1.96. The number of terminal acetylenes is 1. The van der Waals surface area contributed by atoms with Gasteiger partial charge in [-0.05, 0) is 17.7 Å². The fourth-order valence-electron chi connectivity index (χ4n) is 1.48. The van der Waals surface area contributed by atoms with Crippen LogP contribution >= 0.6 is 0 Å². The van der Waals surface area contributed by atoms with E-state index in [1.165, 1.54) is 0 Å². The van der Waals surface area contributed by atoms with Crippen molar-refractivity contribution in [3.63, 3.8) is 0 Å². The van der Waals surface area contributed by atoms with Gasteiger partial charge in [0.1, 0.15) is 0 Å². The van der Waals surface area contributed by atoms with Gasteiger partial charge in [0, 0.05) is 18.0 Å². The largest absolute Gasteiger partial charge is 0.280 e. The van der Waals surface area contributed by atoms with Crippen molar-refractivity contribution in [2.24, 2.45) is 4.99 Å². The first kappa shape index (κ1) is 11.1. The van der Waals surface area contributed by atoms with Crippen molar-refractivity contribution < 1.29 is 0 Å². The van der Waals surface area contributed by atoms with Crippen LogP contribution in [0.3, 0.4) is 0 Å². The zero-order chi connectivity index (χ0) is 11.9. The van der Waals surface area contributed by atoms with Gasteiger partial charge in [-0.25, -0.2) is 0 Å². The smallest absolute Gasteiger partial charge is 0.0995 e. The van der Waals surface area contributed by atoms with Gasteiger partial charge in [-0.1, -0.05) is 36.3 Å². The molecule has 2 rings (SSSR count). The molecule has 0 radical (unpaired) electrons. The van der Waals surface area contributed by atoms with E-state index in [2.05, 4.69) is 15.9 Å². The molecule has 2 aromatic rings. The van der Waals surface area contributed by atoms with Gasteiger partial charge in [0.25, 0.3) is 0 Å². The van der Waals surface area contributed by atoms with Crippen molar-refractivity contribution >= 4 is 6.21 Å². The normalized spacial score (nSPS) is 10.3. The number of hydrogen-bond acceptors (Lipinski definition) is 2. The molecule has 0 atom stereocenters. The Balaban J connectivity index is 2.17. The number of nitrogens with zero attached hydrogens (tertiary/aromatic N) is 2. The molecule has 0 saturated carbocycles. The highest BCUT2D eigenvalue weighted by molar-refractivity contribution is 5.80. The summed E-state index contributed by atoms with van der Waals surface area (Å²) < 4.78 is 0. The minimum absolute atomic E-state index is 0.419. The number of aromatic nitrogens is 1. The summed E-state index contributed by atoms with van der Waals surface area (Å²) in [6.07, 6.45) is 8.69. The lowest BCUT2D eigenvalue weighted by Gasteiger charge is -2.00. The molecule has 1 heterocycles. The van der Waals surface area contributed by atoms with Crippen molar-refractivity contribution in [3.8, 4) is 23.6 Å². The van der Waals surface area contributed by atoms with Gasteiger partial charge in [-0.3, -0.25) is 9.98 Å². The molecule has 17 heavy (non-hydrogen) atoms. The van der Waals surface area contributed by atoms with Crippen LogP contribution in [0.1, 0.15) is 5.56 Å². The maximum atomic E-state index is 5.12. The second kappa shape index (κ2) is 5.62. The molecule has 0 aliphatic carbocycles. The SMILES string of the molecule is C#CCN=Cc1ccc(-c2ccccn2)cc1. The number of rotatable bonds is 3. The van der Waals surface area contributed by atoms with Crippen LogP contribution in [0.15, 0.2) is 53.7 Å². The Bertz CT molecular complexity index is 533. The van der Waals surface area contributed by atoms with E-state index >= 15 is 0 Å². The lowest BCUT2D eigenvalue weighted by atomic mass is 10.1. The first-order valence-electron chi connectivity index (χ1n) is 5.35. The van der Waals surface area contributed by atoms with Gasteiger partial charge in [-0.2, -0.15) is 0 Å². The third kappa shape index (κ3) is 3.02. The minimum atomic E-state index is 0.419. The monoisotopic (exact) mass is 220 g/mol. The van der Waals surface area contributed by atoms with Crippen LogP contribution in [-0.4, -0.2) is 17.7 Å². The van der Waals surface area contributed by atoms with Crippen LogP contribution < -0.4 is 0 Å². The molecule has 0 N–H and O–H groups in total. The van der Waals surface area contributed by atoms with Crippen molar-refractivity contribution in [2.75, 3.05) is 6.54 Å². The molecule has 1 aromatic heterocycles. The van der Waals surface area contributed by atoms with Crippen molar-refractivity contribution in [1.29, 1.82) is 0 Å². The Kier molecular flexibility index (Phi) is 3.67. The van der Waals surface area contributed by atoms with Gasteiger partial charge < -0.3 is 0 Å². The quantitative estimate of drug-likeness (QED) is 0.576. The fourth-order valence-corrected chi connectivity index (χ4v) is 1.48. The second-order valence-corrected chi connectivity index (χ2v) is 3.51. The van der Waals surface area contributed by atoms with E-state index in [1.54, 1.807) is 12.4 Å². The topological polar surface area (TPSA) is 25.2 Å². The van der Waals surface area contributed by atoms with Gasteiger partial charge in [-0.15, -0.1) is 6.42 Å². The summed E-state index contributed by atoms with van der Waals surface area (Å²) in [6.45, 7) is 0.419. The molecule has 0 spiro atoms. The number of aliphatic imine (C=N–C) groups is 1. The average Bonchev–Trinajstić information content (AvgIpc) is 2.41. The molecular weight excluding hydrogens is 208 g/mol. The molecule has 2 heteroatoms. The van der Waals surface area contributed by atoms with Crippen LogP contribution in [0.2, 0.25) is 0 Å². The predicted molar refractivity (Wildman–Crippen MR) is 71.0 cm³/mol. The Morgan fingerprint density at radius 1 is 1.18 bits per heavy atom. The lowest BCUT2D eigenvalue weighted by molar-refractivity contribution is 1.30. The van der Waals surface area contributed by atoms with Gasteiger partial charge >= 0.3 is 0 Å². The zero-order valence-electron chi connectivity index (χ0n) is 9.38. The zero-order valence-corrected chi connectivity index (χ0v) is 9.38. The maximum Gasteiger partial charge on any atom is 0.0995 e. The first-order valence-corrected chi connectivity index (χ1v) is 5.35. The third-order valence-corrected chi connectivity index (χ3v) is 2.29. The number of hydrogen-bond donors (Lipinski definition) is 0. The summed E-state index contributed by atoms with van der Waals surface area (Å²) in [7, 11) is 0. The Hall–Kier alpha value is -2.40. The summed E-state index contributed by atoms with van der Waals surface area (Å²) in [5, 5.41) is 0. The first-order chi connectivity index (χ1) is 8.40. The molecule has 1 aromatic carbocycles. The second-order valence-electron chi connectivity index (χ2n) is 3.51. The maximum absolute atomic E-state index is 5.12. The standard InChI is InChI=1S/C15H12N2/c1-2-10-16-12-13-6-8-14(9-7-13)15-5-3-4-11-17-15/h1,3-9,11-12H,10H2. The molecule has 0 aliphatic rings. The third-order valence-electron chi connectivity index (χ3n) is 2.29. The average molecular weight is 220 g/mol. The summed E-state index contributed by atoms with van der Waals surface area (Å²) in [4.78, 5) is 8.38. The molecule has 0 aliphatic heterocycles. The van der Waals surface area contributed by atoms with E-state index in [0.717, 1.165) is 16.8 Å². The Morgan fingerprint density at radius 3 is 2.65 bits per heavy atom. The Labute approximate surface area is 101 Å². The van der Waals surface area contributed by atoms with E-state index in [1.807, 2.05) is 42.5 Å². The van der Waals surface area contributed by atoms with Crippen LogP contribution in [-0.2, 0) is 0 Å². The van der Waals surface area contributed by atoms with Gasteiger partial charge in [0.05, 0.1) is 12.2 Å². The molecule has 0 saturated heterocycles. The summed E-state index contributed by atoms with van der Waals surface area (Å²) in [6, 6.07) is 13.9. The highest BCUT2D eigenvalue weighted by atomic mass is 14.7. The summed E-state index contributed by atoms with van der Waals surface area (Å²) in [5.41, 5.74) is 3.11. The number of benzene rings is 1. The lowest BCUT2D eigenvalue weighted by Crippen LogP contribution is -1.85. The van der Waals surface area contributed by atoms with Crippen LogP contribution in [0.25, 0.3) is 11.3 Å². The van der Waals surface area contributed by atoms with Crippen molar-refractivity contribution in [2.45, 2.75) is 0 Å². The van der Waals surface area contributed by atoms with E-state index in [4.69, 9.17) is 6.42 Å². The van der Waals surface area contributed by atoms with E-state index < -0.39 is 0 Å². The summed E-state index contributed by atoms with van der Waals surface area (Å²) in [5.74, 6) is 2.47. The van der Waals surface area contributed by atoms with E-state index in [-0.39, 0.29) is 0 Å². The Morgan fingerprint density at radius 2 is 2.00 bits per heavy atom. The molecule has 0 amide bonds. The van der Waals surface area contributed by atoms with Crippen LogP contribution in [0.4, 0.5) is 0 Å². The summed E-state index contributed by atoms with van der Waals surface area (Å²) >= 11 is 0. The van der Waals surface area contributed by atoms with Crippen molar-refractivity contribution in [3.05, 3.63) is 54.2 Å². The fraction of sp³-hybridized carbons (Fsp3) is 0.0667. The number of pyridine rings is 1. The minimum Gasteiger partial charge on any atom is -0.280 e. The van der Waals surface area contributed by atoms with Crippen molar-refractivity contribution in [1.82, 2.24) is 4.98 Å². The molecule has 0 unspecified atom stereocenters. The molecule has 0 bridgehead atoms. The van der Waals surface area contributed by atoms with Gasteiger partial charge in [0.2, 0.25) is 0 Å². The van der Waals surface area contributed by atoms with Crippen LogP contribution in [0.5, 0.6) is 0 Å². The van der Waals surface area contributed by atoms with E-state index in [9.17, 15) is 0 Å². The van der Waals surface area contributed by atoms with E-state index in [0.29, 0.717) is 6.54 Å².